The zero-order chi connectivity index (χ0) is 19.6. The predicted molar refractivity (Wildman–Crippen MR) is 106 cm³/mol. The van der Waals surface area contributed by atoms with Crippen LogP contribution in [0.25, 0.3) is 0 Å². The molecule has 2 aliphatic rings. The van der Waals surface area contributed by atoms with Crippen molar-refractivity contribution in [3.8, 4) is 0 Å². The van der Waals surface area contributed by atoms with E-state index in [0.717, 1.165) is 34.2 Å². The number of hydrogen-bond donors (Lipinski definition) is 2. The Balaban J connectivity index is 1.60. The molecule has 6 nitrogen and oxygen atoms in total. The van der Waals surface area contributed by atoms with E-state index < -0.39 is 11.6 Å². The minimum atomic E-state index is -0.805. The van der Waals surface area contributed by atoms with Gasteiger partial charge >= 0.3 is 6.03 Å². The maximum atomic E-state index is 12.9. The summed E-state index contributed by atoms with van der Waals surface area (Å²) in [6.07, 6.45) is 4.28. The molecule has 1 unspecified atom stereocenters. The number of halogens is 1. The van der Waals surface area contributed by atoms with Crippen LogP contribution in [0.2, 0.25) is 0 Å². The number of rotatable bonds is 5. The lowest BCUT2D eigenvalue weighted by atomic mass is 9.75. The Bertz CT molecular complexity index is 726. The smallest absolute Gasteiger partial charge is 0.325 e. The van der Waals surface area contributed by atoms with Crippen LogP contribution in [0.4, 0.5) is 4.79 Å². The van der Waals surface area contributed by atoms with Crippen LogP contribution in [-0.4, -0.2) is 34.8 Å². The monoisotopic (exact) mass is 435 g/mol. The molecule has 1 aliphatic carbocycles. The highest BCUT2D eigenvalue weighted by Gasteiger charge is 2.52. The predicted octanol–water partition coefficient (Wildman–Crippen LogP) is 3.52. The van der Waals surface area contributed by atoms with Crippen molar-refractivity contribution < 1.29 is 14.4 Å². The SMILES string of the molecule is CCC1CCC2(CC1)NC(=O)N(CC(=O)NC(C)c1ccc(Br)cc1)C2=O. The Labute approximate surface area is 168 Å². The van der Waals surface area contributed by atoms with E-state index in [-0.39, 0.29) is 24.4 Å². The Kier molecular flexibility index (Phi) is 5.89. The number of hydrogen-bond acceptors (Lipinski definition) is 3. The van der Waals surface area contributed by atoms with Crippen LogP contribution in [0, 0.1) is 5.92 Å². The molecular weight excluding hydrogens is 410 g/mol. The number of carbonyl (C=O) groups is 3. The first kappa shape index (κ1) is 19.9. The molecule has 27 heavy (non-hydrogen) atoms. The van der Waals surface area contributed by atoms with Gasteiger partial charge in [0.15, 0.2) is 0 Å². The number of nitrogens with one attached hydrogen (secondary N) is 2. The fourth-order valence-corrected chi connectivity index (χ4v) is 4.27. The van der Waals surface area contributed by atoms with Crippen LogP contribution in [0.15, 0.2) is 28.7 Å². The summed E-state index contributed by atoms with van der Waals surface area (Å²) in [5.74, 6) is 0.0196. The maximum absolute atomic E-state index is 12.9. The lowest BCUT2D eigenvalue weighted by Crippen LogP contribution is -2.50. The van der Waals surface area contributed by atoms with E-state index in [1.165, 1.54) is 0 Å². The van der Waals surface area contributed by atoms with Crippen LogP contribution in [0.3, 0.4) is 0 Å². The molecule has 1 spiro atoms. The summed E-state index contributed by atoms with van der Waals surface area (Å²) in [5, 5.41) is 5.73. The number of imide groups is 1. The van der Waals surface area contributed by atoms with Crippen molar-refractivity contribution in [2.75, 3.05) is 6.54 Å². The second-order valence-electron chi connectivity index (χ2n) is 7.60. The number of carbonyl (C=O) groups excluding carboxylic acids is 3. The van der Waals surface area contributed by atoms with E-state index in [4.69, 9.17) is 0 Å². The van der Waals surface area contributed by atoms with E-state index in [9.17, 15) is 14.4 Å². The van der Waals surface area contributed by atoms with Crippen molar-refractivity contribution in [3.63, 3.8) is 0 Å². The highest BCUT2D eigenvalue weighted by molar-refractivity contribution is 9.10. The molecule has 1 saturated carbocycles. The third kappa shape index (κ3) is 4.18. The molecule has 1 atom stereocenters. The van der Waals surface area contributed by atoms with Crippen LogP contribution in [-0.2, 0) is 9.59 Å². The fourth-order valence-electron chi connectivity index (χ4n) is 4.00. The van der Waals surface area contributed by atoms with Gasteiger partial charge in [0.25, 0.3) is 5.91 Å². The second kappa shape index (κ2) is 8.00. The number of benzene rings is 1. The van der Waals surface area contributed by atoms with E-state index in [2.05, 4.69) is 33.5 Å². The van der Waals surface area contributed by atoms with Gasteiger partial charge in [-0.2, -0.15) is 0 Å². The lowest BCUT2D eigenvalue weighted by Gasteiger charge is -2.34. The second-order valence-corrected chi connectivity index (χ2v) is 8.51. The van der Waals surface area contributed by atoms with Gasteiger partial charge in [-0.3, -0.25) is 14.5 Å². The molecule has 7 heteroatoms. The average Bonchev–Trinajstić information content (AvgIpc) is 2.87. The van der Waals surface area contributed by atoms with Gasteiger partial charge in [0.05, 0.1) is 6.04 Å². The van der Waals surface area contributed by atoms with Gasteiger partial charge in [-0.15, -0.1) is 0 Å². The summed E-state index contributed by atoms with van der Waals surface area (Å²) in [6.45, 7) is 3.78. The molecule has 4 amide bonds. The Morgan fingerprint density at radius 2 is 1.93 bits per heavy atom. The van der Waals surface area contributed by atoms with Crippen LogP contribution in [0.5, 0.6) is 0 Å². The van der Waals surface area contributed by atoms with E-state index in [1.807, 2.05) is 31.2 Å². The van der Waals surface area contributed by atoms with Crippen molar-refractivity contribution in [3.05, 3.63) is 34.3 Å². The first-order valence-corrected chi connectivity index (χ1v) is 10.3. The molecule has 0 aromatic heterocycles. The average molecular weight is 436 g/mol. The standard InChI is InChI=1S/C20H26BrN3O3/c1-3-14-8-10-20(11-9-14)18(26)24(19(27)23-20)12-17(25)22-13(2)15-4-6-16(21)7-5-15/h4-7,13-14H,3,8-12H2,1-2H3,(H,22,25)(H,23,27). The first-order valence-electron chi connectivity index (χ1n) is 9.53. The Hall–Kier alpha value is -1.89. The van der Waals surface area contributed by atoms with Gasteiger partial charge in [-0.25, -0.2) is 4.79 Å². The quantitative estimate of drug-likeness (QED) is 0.694. The fraction of sp³-hybridized carbons (Fsp3) is 0.550. The number of nitrogens with zero attached hydrogens (tertiary/aromatic N) is 1. The maximum Gasteiger partial charge on any atom is 0.325 e. The normalized spacial score (nSPS) is 26.2. The van der Waals surface area contributed by atoms with E-state index >= 15 is 0 Å². The topological polar surface area (TPSA) is 78.5 Å². The molecule has 1 aromatic carbocycles. The summed E-state index contributed by atoms with van der Waals surface area (Å²) in [6, 6.07) is 6.99. The van der Waals surface area contributed by atoms with Gasteiger partial charge in [-0.1, -0.05) is 41.4 Å². The summed E-state index contributed by atoms with van der Waals surface area (Å²) in [4.78, 5) is 38.7. The third-order valence-corrected chi connectivity index (χ3v) is 6.36. The zero-order valence-corrected chi connectivity index (χ0v) is 17.3. The highest BCUT2D eigenvalue weighted by Crippen LogP contribution is 2.37. The van der Waals surface area contributed by atoms with Crippen molar-refractivity contribution in [1.82, 2.24) is 15.5 Å². The molecule has 1 aromatic rings. The molecular formula is C20H26BrN3O3. The minimum absolute atomic E-state index is 0.208. The molecule has 1 aliphatic heterocycles. The Morgan fingerprint density at radius 3 is 2.52 bits per heavy atom. The molecule has 3 rings (SSSR count). The van der Waals surface area contributed by atoms with Gasteiger partial charge in [-0.05, 0) is 56.2 Å². The molecule has 2 N–H and O–H groups in total. The highest BCUT2D eigenvalue weighted by atomic mass is 79.9. The Morgan fingerprint density at radius 1 is 1.30 bits per heavy atom. The van der Waals surface area contributed by atoms with E-state index in [0.29, 0.717) is 18.8 Å². The molecule has 0 radical (unpaired) electrons. The van der Waals surface area contributed by atoms with Gasteiger partial charge in [0, 0.05) is 4.47 Å². The van der Waals surface area contributed by atoms with Crippen molar-refractivity contribution in [2.45, 2.75) is 57.5 Å². The van der Waals surface area contributed by atoms with Gasteiger partial charge in [0.1, 0.15) is 12.1 Å². The first-order chi connectivity index (χ1) is 12.8. The van der Waals surface area contributed by atoms with Crippen molar-refractivity contribution in [2.24, 2.45) is 5.92 Å². The molecule has 1 saturated heterocycles. The van der Waals surface area contributed by atoms with Gasteiger partial charge in [0.2, 0.25) is 5.91 Å². The lowest BCUT2D eigenvalue weighted by molar-refractivity contribution is -0.136. The van der Waals surface area contributed by atoms with Crippen LogP contribution in [0.1, 0.15) is 57.6 Å². The summed E-state index contributed by atoms with van der Waals surface area (Å²) in [5.41, 5.74) is 0.151. The molecule has 2 fully saturated rings. The number of amides is 4. The molecule has 0 bridgehead atoms. The summed E-state index contributed by atoms with van der Waals surface area (Å²) >= 11 is 3.38. The largest absolute Gasteiger partial charge is 0.348 e. The van der Waals surface area contributed by atoms with Crippen molar-refractivity contribution in [1.29, 1.82) is 0 Å². The molecule has 146 valence electrons. The van der Waals surface area contributed by atoms with E-state index in [1.54, 1.807) is 0 Å². The van der Waals surface area contributed by atoms with Crippen LogP contribution >= 0.6 is 15.9 Å². The summed E-state index contributed by atoms with van der Waals surface area (Å²) in [7, 11) is 0. The third-order valence-electron chi connectivity index (χ3n) is 5.83. The summed E-state index contributed by atoms with van der Waals surface area (Å²) < 4.78 is 0.965. The zero-order valence-electron chi connectivity index (χ0n) is 15.8. The van der Waals surface area contributed by atoms with Crippen LogP contribution < -0.4 is 10.6 Å². The molecule has 1 heterocycles. The minimum Gasteiger partial charge on any atom is -0.348 e. The number of urea groups is 1. The van der Waals surface area contributed by atoms with Crippen molar-refractivity contribution >= 4 is 33.8 Å². The van der Waals surface area contributed by atoms with Gasteiger partial charge < -0.3 is 10.6 Å².